The van der Waals surface area contributed by atoms with Gasteiger partial charge in [-0.25, -0.2) is 0 Å². The summed E-state index contributed by atoms with van der Waals surface area (Å²) in [6, 6.07) is 0. The molecule has 1 aromatic heterocycles. The van der Waals surface area contributed by atoms with E-state index in [2.05, 4.69) is 22.0 Å². The van der Waals surface area contributed by atoms with E-state index < -0.39 is 0 Å². The Morgan fingerprint density at radius 1 is 1.71 bits per heavy atom. The zero-order valence-corrected chi connectivity index (χ0v) is 9.96. The summed E-state index contributed by atoms with van der Waals surface area (Å²) in [4.78, 5) is 2.34. The van der Waals surface area contributed by atoms with Crippen LogP contribution >= 0.6 is 23.6 Å². The highest BCUT2D eigenvalue weighted by Gasteiger charge is 2.23. The summed E-state index contributed by atoms with van der Waals surface area (Å²) in [6.45, 7) is 4.55. The normalized spacial score (nSPS) is 21.8. The number of hydrogen-bond acceptors (Lipinski definition) is 4. The summed E-state index contributed by atoms with van der Waals surface area (Å²) >= 11 is 6.60. The number of hydrogen-bond donors (Lipinski definition) is 1. The van der Waals surface area contributed by atoms with E-state index in [0.29, 0.717) is 0 Å². The maximum absolute atomic E-state index is 5.02. The number of nitrogens with zero attached hydrogens (tertiary/aromatic N) is 2. The summed E-state index contributed by atoms with van der Waals surface area (Å²) in [5.74, 6) is 0.859. The van der Waals surface area contributed by atoms with Crippen LogP contribution in [0, 0.1) is 9.87 Å². The third kappa shape index (κ3) is 2.15. The Labute approximate surface area is 93.1 Å². The van der Waals surface area contributed by atoms with Gasteiger partial charge in [-0.15, -0.1) is 5.10 Å². The van der Waals surface area contributed by atoms with E-state index in [1.807, 2.05) is 0 Å². The lowest BCUT2D eigenvalue weighted by molar-refractivity contribution is 0.529. The molecule has 0 spiro atoms. The zero-order valence-electron chi connectivity index (χ0n) is 8.32. The van der Waals surface area contributed by atoms with E-state index in [9.17, 15) is 0 Å². The molecule has 1 unspecified atom stereocenters. The third-order valence-corrected chi connectivity index (χ3v) is 3.83. The van der Waals surface area contributed by atoms with Gasteiger partial charge in [0.25, 0.3) is 0 Å². The Morgan fingerprint density at radius 2 is 2.57 bits per heavy atom. The lowest BCUT2D eigenvalue weighted by atomic mass is 10.0. The van der Waals surface area contributed by atoms with Gasteiger partial charge in [-0.1, -0.05) is 24.7 Å². The van der Waals surface area contributed by atoms with Crippen LogP contribution in [0.1, 0.15) is 26.2 Å². The minimum atomic E-state index is 0.777. The molecule has 78 valence electrons. The van der Waals surface area contributed by atoms with Gasteiger partial charge in [0, 0.05) is 13.1 Å². The van der Waals surface area contributed by atoms with Crippen LogP contribution < -0.4 is 4.90 Å². The van der Waals surface area contributed by atoms with Gasteiger partial charge in [0.2, 0.25) is 5.13 Å². The average Bonchev–Trinajstić information content (AvgIpc) is 2.74. The number of aromatic nitrogens is 2. The molecule has 1 fully saturated rings. The Balaban J connectivity index is 1.98. The Kier molecular flexibility index (Phi) is 3.18. The predicted molar refractivity (Wildman–Crippen MR) is 62.5 cm³/mol. The molecule has 2 heterocycles. The topological polar surface area (TPSA) is 31.9 Å². The smallest absolute Gasteiger partial charge is 0.206 e. The molecule has 1 saturated heterocycles. The first-order valence-electron chi connectivity index (χ1n) is 5.10. The van der Waals surface area contributed by atoms with Gasteiger partial charge in [-0.2, -0.15) is 0 Å². The minimum Gasteiger partial charge on any atom is -0.346 e. The SMILES string of the molecule is CCCC1CCN(c2n[nH]c(=S)s2)C1. The summed E-state index contributed by atoms with van der Waals surface area (Å²) in [5.41, 5.74) is 0. The van der Waals surface area contributed by atoms with Gasteiger partial charge >= 0.3 is 0 Å². The van der Waals surface area contributed by atoms with Crippen molar-refractivity contribution in [3.05, 3.63) is 3.95 Å². The first-order valence-corrected chi connectivity index (χ1v) is 6.32. The van der Waals surface area contributed by atoms with Crippen LogP contribution in [0.2, 0.25) is 0 Å². The van der Waals surface area contributed by atoms with Gasteiger partial charge in [0.1, 0.15) is 0 Å². The second-order valence-electron chi connectivity index (χ2n) is 3.79. The molecule has 0 saturated carbocycles. The monoisotopic (exact) mass is 229 g/mol. The van der Waals surface area contributed by atoms with Crippen molar-refractivity contribution in [2.45, 2.75) is 26.2 Å². The van der Waals surface area contributed by atoms with E-state index in [1.54, 1.807) is 11.3 Å². The molecule has 0 radical (unpaired) electrons. The lowest BCUT2D eigenvalue weighted by Crippen LogP contribution is -2.19. The van der Waals surface area contributed by atoms with E-state index >= 15 is 0 Å². The van der Waals surface area contributed by atoms with E-state index in [1.165, 1.54) is 19.3 Å². The number of H-pyrrole nitrogens is 1. The lowest BCUT2D eigenvalue weighted by Gasteiger charge is -2.13. The predicted octanol–water partition coefficient (Wildman–Crippen LogP) is 2.83. The van der Waals surface area contributed by atoms with Crippen molar-refractivity contribution in [3.63, 3.8) is 0 Å². The van der Waals surface area contributed by atoms with Crippen molar-refractivity contribution < 1.29 is 0 Å². The second-order valence-corrected chi connectivity index (χ2v) is 5.43. The molecule has 1 atom stereocenters. The fourth-order valence-electron chi connectivity index (χ4n) is 2.01. The highest BCUT2D eigenvalue weighted by atomic mass is 32.1. The van der Waals surface area contributed by atoms with Crippen LogP contribution in [0.4, 0.5) is 5.13 Å². The molecule has 0 bridgehead atoms. The maximum atomic E-state index is 5.02. The van der Waals surface area contributed by atoms with Crippen molar-refractivity contribution >= 4 is 28.7 Å². The molecule has 5 heteroatoms. The Morgan fingerprint density at radius 3 is 3.21 bits per heavy atom. The number of nitrogens with one attached hydrogen (secondary N) is 1. The van der Waals surface area contributed by atoms with Crippen molar-refractivity contribution in [2.24, 2.45) is 5.92 Å². The standard InChI is InChI=1S/C9H15N3S2/c1-2-3-7-4-5-12(6-7)8-10-11-9(13)14-8/h7H,2-6H2,1H3,(H,11,13). The molecule has 1 aliphatic rings. The molecule has 1 aliphatic heterocycles. The molecule has 0 aromatic carbocycles. The summed E-state index contributed by atoms with van der Waals surface area (Å²) in [6.07, 6.45) is 3.93. The molecule has 3 nitrogen and oxygen atoms in total. The zero-order chi connectivity index (χ0) is 9.97. The fraction of sp³-hybridized carbons (Fsp3) is 0.778. The third-order valence-electron chi connectivity index (χ3n) is 2.68. The summed E-state index contributed by atoms with van der Waals surface area (Å²) in [5, 5.41) is 8.11. The molecular weight excluding hydrogens is 214 g/mol. The first-order chi connectivity index (χ1) is 6.79. The van der Waals surface area contributed by atoms with Gasteiger partial charge in [0.15, 0.2) is 3.95 Å². The average molecular weight is 229 g/mol. The van der Waals surface area contributed by atoms with Crippen LogP contribution in [0.25, 0.3) is 0 Å². The van der Waals surface area contributed by atoms with Gasteiger partial charge in [-0.05, 0) is 31.0 Å². The van der Waals surface area contributed by atoms with Crippen LogP contribution in [0.3, 0.4) is 0 Å². The molecule has 0 aliphatic carbocycles. The quantitative estimate of drug-likeness (QED) is 0.809. The van der Waals surface area contributed by atoms with Gasteiger partial charge in [0.05, 0.1) is 0 Å². The summed E-state index contributed by atoms with van der Waals surface area (Å²) in [7, 11) is 0. The second kappa shape index (κ2) is 4.40. The van der Waals surface area contributed by atoms with Crippen molar-refractivity contribution in [1.29, 1.82) is 0 Å². The van der Waals surface area contributed by atoms with Gasteiger partial charge in [-0.3, -0.25) is 5.10 Å². The van der Waals surface area contributed by atoms with Crippen molar-refractivity contribution in [3.8, 4) is 0 Å². The Hall–Kier alpha value is -0.420. The van der Waals surface area contributed by atoms with Crippen LogP contribution in [0.5, 0.6) is 0 Å². The van der Waals surface area contributed by atoms with Crippen LogP contribution in [0.15, 0.2) is 0 Å². The molecule has 2 rings (SSSR count). The minimum absolute atomic E-state index is 0.777. The van der Waals surface area contributed by atoms with Crippen molar-refractivity contribution in [1.82, 2.24) is 10.2 Å². The fourth-order valence-corrected chi connectivity index (χ4v) is 2.92. The molecule has 0 amide bonds. The summed E-state index contributed by atoms with van der Waals surface area (Å²) < 4.78 is 0.777. The maximum Gasteiger partial charge on any atom is 0.206 e. The molecule has 1 aromatic rings. The van der Waals surface area contributed by atoms with E-state index in [4.69, 9.17) is 12.2 Å². The molecule has 14 heavy (non-hydrogen) atoms. The number of aromatic amines is 1. The van der Waals surface area contributed by atoms with Crippen molar-refractivity contribution in [2.75, 3.05) is 18.0 Å². The largest absolute Gasteiger partial charge is 0.346 e. The molecular formula is C9H15N3S2. The number of rotatable bonds is 3. The molecule has 1 N–H and O–H groups in total. The first kappa shape index (κ1) is 10.1. The highest BCUT2D eigenvalue weighted by Crippen LogP contribution is 2.27. The highest BCUT2D eigenvalue weighted by molar-refractivity contribution is 7.73. The van der Waals surface area contributed by atoms with E-state index in [0.717, 1.165) is 28.1 Å². The Bertz CT molecular complexity index is 344. The van der Waals surface area contributed by atoms with Gasteiger partial charge < -0.3 is 4.90 Å². The number of anilines is 1. The van der Waals surface area contributed by atoms with Crippen LogP contribution in [-0.2, 0) is 0 Å². The van der Waals surface area contributed by atoms with Crippen LogP contribution in [-0.4, -0.2) is 23.3 Å². The van der Waals surface area contributed by atoms with E-state index in [-0.39, 0.29) is 0 Å².